The van der Waals surface area contributed by atoms with Crippen molar-refractivity contribution >= 4 is 11.8 Å². The van der Waals surface area contributed by atoms with Gasteiger partial charge in [0.25, 0.3) is 0 Å². The molecule has 2 atom stereocenters. The first-order valence-corrected chi connectivity index (χ1v) is 5.59. The van der Waals surface area contributed by atoms with E-state index in [-0.39, 0.29) is 6.04 Å². The van der Waals surface area contributed by atoms with Crippen molar-refractivity contribution in [1.29, 1.82) is 0 Å². The van der Waals surface area contributed by atoms with Crippen LogP contribution in [0.2, 0.25) is 0 Å². The van der Waals surface area contributed by atoms with Crippen molar-refractivity contribution in [3.05, 3.63) is 11.7 Å². The quantitative estimate of drug-likeness (QED) is 0.778. The van der Waals surface area contributed by atoms with Crippen LogP contribution in [0.15, 0.2) is 4.52 Å². The van der Waals surface area contributed by atoms with Gasteiger partial charge in [0, 0.05) is 11.7 Å². The monoisotopic (exact) mass is 199 g/mol. The minimum Gasteiger partial charge on any atom is -0.338 e. The lowest BCUT2D eigenvalue weighted by atomic mass is 10.1. The molecule has 0 aromatic carbocycles. The Hall–Kier alpha value is -0.550. The van der Waals surface area contributed by atoms with Crippen LogP contribution in [0.1, 0.15) is 37.0 Å². The summed E-state index contributed by atoms with van der Waals surface area (Å²) in [5.41, 5.74) is 5.62. The highest BCUT2D eigenvalue weighted by Crippen LogP contribution is 2.30. The molecule has 1 fully saturated rings. The van der Waals surface area contributed by atoms with Gasteiger partial charge in [0.1, 0.15) is 0 Å². The lowest BCUT2D eigenvalue weighted by molar-refractivity contribution is 0.355. The van der Waals surface area contributed by atoms with Crippen molar-refractivity contribution in [3.8, 4) is 0 Å². The van der Waals surface area contributed by atoms with Crippen molar-refractivity contribution in [2.75, 3.05) is 11.5 Å². The third-order valence-electron chi connectivity index (χ3n) is 2.14. The van der Waals surface area contributed by atoms with E-state index in [0.717, 1.165) is 18.0 Å². The minimum absolute atomic E-state index is 0.157. The summed E-state index contributed by atoms with van der Waals surface area (Å²) in [6, 6.07) is -0.157. The number of thioether (sulfide) groups is 1. The number of nitrogens with zero attached hydrogens (tertiary/aromatic N) is 2. The van der Waals surface area contributed by atoms with Gasteiger partial charge in [-0.2, -0.15) is 16.7 Å². The van der Waals surface area contributed by atoms with Crippen LogP contribution in [0.25, 0.3) is 0 Å². The van der Waals surface area contributed by atoms with Gasteiger partial charge in [-0.25, -0.2) is 0 Å². The molecular formula is C8H13N3OS. The molecule has 13 heavy (non-hydrogen) atoms. The molecule has 4 nitrogen and oxygen atoms in total. The number of hydrogen-bond donors (Lipinski definition) is 1. The molecule has 0 spiro atoms. The van der Waals surface area contributed by atoms with Gasteiger partial charge in [-0.05, 0) is 19.1 Å². The maximum Gasteiger partial charge on any atom is 0.243 e. The first-order chi connectivity index (χ1) is 6.27. The van der Waals surface area contributed by atoms with Crippen LogP contribution < -0.4 is 5.73 Å². The third-order valence-corrected chi connectivity index (χ3v) is 3.30. The van der Waals surface area contributed by atoms with Crippen LogP contribution in [-0.4, -0.2) is 21.6 Å². The minimum atomic E-state index is -0.157. The van der Waals surface area contributed by atoms with Crippen LogP contribution in [0, 0.1) is 0 Å². The maximum absolute atomic E-state index is 5.62. The Bertz CT molecular complexity index is 281. The first kappa shape index (κ1) is 9.02. The molecule has 1 aromatic heterocycles. The van der Waals surface area contributed by atoms with Gasteiger partial charge in [0.05, 0.1) is 6.04 Å². The molecule has 72 valence electrons. The van der Waals surface area contributed by atoms with E-state index in [1.165, 1.54) is 5.75 Å². The average molecular weight is 199 g/mol. The van der Waals surface area contributed by atoms with E-state index in [1.807, 2.05) is 18.7 Å². The van der Waals surface area contributed by atoms with E-state index in [1.54, 1.807) is 0 Å². The van der Waals surface area contributed by atoms with Crippen LogP contribution in [0.3, 0.4) is 0 Å². The van der Waals surface area contributed by atoms with Crippen LogP contribution >= 0.6 is 11.8 Å². The Morgan fingerprint density at radius 1 is 1.69 bits per heavy atom. The van der Waals surface area contributed by atoms with Crippen LogP contribution in [0.5, 0.6) is 0 Å². The lowest BCUT2D eigenvalue weighted by Gasteiger charge is -1.98. The second-order valence-electron chi connectivity index (χ2n) is 3.34. The molecule has 1 aliphatic heterocycles. The molecule has 2 heterocycles. The van der Waals surface area contributed by atoms with Gasteiger partial charge in [-0.1, -0.05) is 5.16 Å². The number of nitrogens with two attached hydrogens (primary N) is 1. The molecular weight excluding hydrogens is 186 g/mol. The van der Waals surface area contributed by atoms with Crippen LogP contribution in [0.4, 0.5) is 0 Å². The molecule has 1 saturated heterocycles. The highest BCUT2D eigenvalue weighted by Gasteiger charge is 2.23. The number of rotatable bonds is 2. The SMILES string of the molecule is C[C@H](N)c1nc(C2CCSC2)no1. The highest BCUT2D eigenvalue weighted by atomic mass is 32.2. The van der Waals surface area contributed by atoms with Gasteiger partial charge in [-0.3, -0.25) is 0 Å². The Labute approximate surface area is 81.3 Å². The zero-order valence-electron chi connectivity index (χ0n) is 7.56. The summed E-state index contributed by atoms with van der Waals surface area (Å²) in [5, 5.41) is 3.94. The summed E-state index contributed by atoms with van der Waals surface area (Å²) in [5.74, 6) is 4.16. The molecule has 1 aromatic rings. The standard InChI is InChI=1S/C8H13N3OS/c1-5(9)8-10-7(11-12-8)6-2-3-13-4-6/h5-6H,2-4,9H2,1H3/t5-,6?/m0/s1. The van der Waals surface area contributed by atoms with Gasteiger partial charge < -0.3 is 10.3 Å². The molecule has 0 bridgehead atoms. The predicted octanol–water partition coefficient (Wildman–Crippen LogP) is 1.31. The third kappa shape index (κ3) is 1.86. The van der Waals surface area contributed by atoms with Gasteiger partial charge in [0.2, 0.25) is 5.89 Å². The van der Waals surface area contributed by atoms with E-state index in [9.17, 15) is 0 Å². The summed E-state index contributed by atoms with van der Waals surface area (Å²) in [4.78, 5) is 4.28. The van der Waals surface area contributed by atoms with E-state index in [2.05, 4.69) is 10.1 Å². The molecule has 0 saturated carbocycles. The fraction of sp³-hybridized carbons (Fsp3) is 0.750. The predicted molar refractivity (Wildman–Crippen MR) is 51.6 cm³/mol. The smallest absolute Gasteiger partial charge is 0.243 e. The molecule has 0 aliphatic carbocycles. The van der Waals surface area contributed by atoms with E-state index in [4.69, 9.17) is 10.3 Å². The Kier molecular flexibility index (Phi) is 2.55. The first-order valence-electron chi connectivity index (χ1n) is 4.44. The molecule has 1 aliphatic rings. The van der Waals surface area contributed by atoms with E-state index in [0.29, 0.717) is 11.8 Å². The zero-order valence-corrected chi connectivity index (χ0v) is 8.38. The molecule has 0 amide bonds. The van der Waals surface area contributed by atoms with Crippen LogP contribution in [-0.2, 0) is 0 Å². The molecule has 1 unspecified atom stereocenters. The molecule has 0 radical (unpaired) electrons. The molecule has 2 N–H and O–H groups in total. The van der Waals surface area contributed by atoms with E-state index >= 15 is 0 Å². The summed E-state index contributed by atoms with van der Waals surface area (Å²) in [7, 11) is 0. The maximum atomic E-state index is 5.62. The average Bonchev–Trinajstić information content (AvgIpc) is 2.75. The normalized spacial score (nSPS) is 24.9. The summed E-state index contributed by atoms with van der Waals surface area (Å²) in [6.45, 7) is 1.85. The summed E-state index contributed by atoms with van der Waals surface area (Å²) >= 11 is 1.94. The molecule has 2 rings (SSSR count). The van der Waals surface area contributed by atoms with Crippen molar-refractivity contribution in [2.45, 2.75) is 25.3 Å². The lowest BCUT2D eigenvalue weighted by Crippen LogP contribution is -2.06. The van der Waals surface area contributed by atoms with Crippen molar-refractivity contribution in [2.24, 2.45) is 5.73 Å². The van der Waals surface area contributed by atoms with Crippen molar-refractivity contribution < 1.29 is 4.52 Å². The molecule has 5 heteroatoms. The van der Waals surface area contributed by atoms with Gasteiger partial charge >= 0.3 is 0 Å². The van der Waals surface area contributed by atoms with E-state index < -0.39 is 0 Å². The Balaban J connectivity index is 2.12. The Morgan fingerprint density at radius 3 is 3.08 bits per heavy atom. The fourth-order valence-corrected chi connectivity index (χ4v) is 2.55. The summed E-state index contributed by atoms with van der Waals surface area (Å²) in [6.07, 6.45) is 1.16. The Morgan fingerprint density at radius 2 is 2.54 bits per heavy atom. The largest absolute Gasteiger partial charge is 0.338 e. The number of hydrogen-bond acceptors (Lipinski definition) is 5. The second kappa shape index (κ2) is 3.67. The topological polar surface area (TPSA) is 64.9 Å². The highest BCUT2D eigenvalue weighted by molar-refractivity contribution is 7.99. The zero-order chi connectivity index (χ0) is 9.26. The summed E-state index contributed by atoms with van der Waals surface area (Å²) < 4.78 is 5.04. The fourth-order valence-electron chi connectivity index (χ4n) is 1.34. The number of aromatic nitrogens is 2. The van der Waals surface area contributed by atoms with Gasteiger partial charge in [0.15, 0.2) is 5.82 Å². The van der Waals surface area contributed by atoms with Crippen molar-refractivity contribution in [3.63, 3.8) is 0 Å². The second-order valence-corrected chi connectivity index (χ2v) is 4.49. The van der Waals surface area contributed by atoms with Crippen molar-refractivity contribution in [1.82, 2.24) is 10.1 Å². The van der Waals surface area contributed by atoms with Gasteiger partial charge in [-0.15, -0.1) is 0 Å².